The highest BCUT2D eigenvalue weighted by Gasteiger charge is 2.36. The molecule has 0 spiro atoms. The summed E-state index contributed by atoms with van der Waals surface area (Å²) in [5.41, 5.74) is 2.49. The Morgan fingerprint density at radius 2 is 1.94 bits per heavy atom. The number of rotatable bonds is 2. The van der Waals surface area contributed by atoms with E-state index in [9.17, 15) is 22.0 Å². The minimum Gasteiger partial charge on any atom is -0.383 e. The van der Waals surface area contributed by atoms with Crippen LogP contribution in [0, 0.1) is 0 Å². The summed E-state index contributed by atoms with van der Waals surface area (Å²) in [5.74, 6) is -0.586. The molecule has 1 heterocycles. The fourth-order valence-corrected chi connectivity index (χ4v) is 1.82. The van der Waals surface area contributed by atoms with E-state index >= 15 is 0 Å². The highest BCUT2D eigenvalue weighted by Crippen LogP contribution is 2.38. The summed E-state index contributed by atoms with van der Waals surface area (Å²) in [4.78, 5) is 3.13. The highest BCUT2D eigenvalue weighted by molar-refractivity contribution is 9.08. The Morgan fingerprint density at radius 1 is 1.38 bits per heavy atom. The minimum atomic E-state index is -4.73. The molecule has 0 aromatic carbocycles. The second-order valence-electron chi connectivity index (χ2n) is 2.88. The Hall–Kier alpha value is -0.920. The van der Waals surface area contributed by atoms with Gasteiger partial charge in [-0.05, 0) is 5.56 Å². The molecule has 2 nitrogen and oxygen atoms in total. The topological polar surface area (TPSA) is 38.9 Å². The quantitative estimate of drug-likeness (QED) is 0.671. The second kappa shape index (κ2) is 4.52. The van der Waals surface area contributed by atoms with E-state index in [0.717, 1.165) is 0 Å². The molecule has 0 saturated carbocycles. The van der Waals surface area contributed by atoms with Gasteiger partial charge in [0.15, 0.2) is 0 Å². The van der Waals surface area contributed by atoms with E-state index < -0.39 is 35.1 Å². The van der Waals surface area contributed by atoms with Crippen LogP contribution in [0.2, 0.25) is 0 Å². The van der Waals surface area contributed by atoms with Crippen molar-refractivity contribution in [3.05, 3.63) is 22.9 Å². The average molecular weight is 305 g/mol. The summed E-state index contributed by atoms with van der Waals surface area (Å²) >= 11 is 2.74. The van der Waals surface area contributed by atoms with Crippen molar-refractivity contribution in [2.24, 2.45) is 0 Å². The highest BCUT2D eigenvalue weighted by atomic mass is 79.9. The number of anilines is 1. The molecule has 0 saturated heterocycles. The molecule has 1 rings (SSSR count). The lowest BCUT2D eigenvalue weighted by atomic mass is 10.0. The predicted octanol–water partition coefficient (Wildman–Crippen LogP) is 3.52. The van der Waals surface area contributed by atoms with Crippen LogP contribution in [0.25, 0.3) is 0 Å². The van der Waals surface area contributed by atoms with Crippen molar-refractivity contribution in [1.29, 1.82) is 0 Å². The first-order valence-corrected chi connectivity index (χ1v) is 5.09. The van der Waals surface area contributed by atoms with Crippen LogP contribution < -0.4 is 5.73 Å². The summed E-state index contributed by atoms with van der Waals surface area (Å²) in [6.07, 6.45) is -7.37. The van der Waals surface area contributed by atoms with Gasteiger partial charge >= 0.3 is 6.18 Å². The summed E-state index contributed by atoms with van der Waals surface area (Å²) in [5, 5.41) is -0.367. The molecule has 0 aliphatic heterocycles. The molecular weight excluding hydrogens is 299 g/mol. The van der Waals surface area contributed by atoms with Gasteiger partial charge in [0.25, 0.3) is 6.43 Å². The number of nitrogen functional groups attached to an aromatic ring is 1. The molecule has 0 fully saturated rings. The van der Waals surface area contributed by atoms with Crippen LogP contribution >= 0.6 is 15.9 Å². The molecule has 0 amide bonds. The van der Waals surface area contributed by atoms with Crippen LogP contribution in [-0.4, -0.2) is 4.98 Å². The SMILES string of the molecule is Nc1ncc(C(F)(F)F)c(CBr)c1C(F)F. The van der Waals surface area contributed by atoms with Gasteiger partial charge in [-0.1, -0.05) is 15.9 Å². The number of pyridine rings is 1. The van der Waals surface area contributed by atoms with Crippen LogP contribution in [0.5, 0.6) is 0 Å². The summed E-state index contributed by atoms with van der Waals surface area (Å²) in [7, 11) is 0. The molecule has 8 heteroatoms. The van der Waals surface area contributed by atoms with Crippen LogP contribution in [0.4, 0.5) is 27.8 Å². The maximum atomic E-state index is 12.5. The molecule has 1 aromatic heterocycles. The number of nitrogens with zero attached hydrogens (tertiary/aromatic N) is 1. The van der Waals surface area contributed by atoms with Gasteiger partial charge in [-0.2, -0.15) is 13.2 Å². The van der Waals surface area contributed by atoms with Crippen molar-refractivity contribution in [2.45, 2.75) is 17.9 Å². The standard InChI is InChI=1S/C8H6BrF5N2/c9-1-3-4(8(12,13)14)2-16-7(15)5(3)6(10)11/h2,6H,1H2,(H2,15,16). The lowest BCUT2D eigenvalue weighted by molar-refractivity contribution is -0.138. The molecule has 16 heavy (non-hydrogen) atoms. The van der Waals surface area contributed by atoms with Crippen molar-refractivity contribution in [1.82, 2.24) is 4.98 Å². The van der Waals surface area contributed by atoms with Crippen molar-refractivity contribution in [3.8, 4) is 0 Å². The Kier molecular flexibility index (Phi) is 3.72. The smallest absolute Gasteiger partial charge is 0.383 e. The third-order valence-corrected chi connectivity index (χ3v) is 2.48. The average Bonchev–Trinajstić information content (AvgIpc) is 2.14. The fourth-order valence-electron chi connectivity index (χ4n) is 1.21. The fraction of sp³-hybridized carbons (Fsp3) is 0.375. The van der Waals surface area contributed by atoms with Crippen LogP contribution in [0.15, 0.2) is 6.20 Å². The third-order valence-electron chi connectivity index (χ3n) is 1.92. The molecule has 0 atom stereocenters. The first-order chi connectivity index (χ1) is 7.29. The molecule has 0 aliphatic carbocycles. The van der Waals surface area contributed by atoms with Gasteiger partial charge < -0.3 is 5.73 Å². The number of alkyl halides is 6. The van der Waals surface area contributed by atoms with E-state index in [4.69, 9.17) is 5.73 Å². The van der Waals surface area contributed by atoms with Gasteiger partial charge in [0.2, 0.25) is 0 Å². The summed E-state index contributed by atoms with van der Waals surface area (Å²) in [6.45, 7) is 0. The van der Waals surface area contributed by atoms with Crippen LogP contribution in [0.3, 0.4) is 0 Å². The monoisotopic (exact) mass is 304 g/mol. The van der Waals surface area contributed by atoms with Crippen molar-refractivity contribution in [2.75, 3.05) is 5.73 Å². The van der Waals surface area contributed by atoms with E-state index in [0.29, 0.717) is 6.20 Å². The van der Waals surface area contributed by atoms with E-state index in [-0.39, 0.29) is 5.33 Å². The van der Waals surface area contributed by atoms with Crippen LogP contribution in [-0.2, 0) is 11.5 Å². The molecule has 0 bridgehead atoms. The van der Waals surface area contributed by atoms with E-state index in [1.165, 1.54) is 0 Å². The van der Waals surface area contributed by atoms with E-state index in [1.807, 2.05) is 0 Å². The van der Waals surface area contributed by atoms with Crippen molar-refractivity contribution in [3.63, 3.8) is 0 Å². The zero-order valence-corrected chi connectivity index (χ0v) is 9.24. The molecular formula is C8H6BrF5N2. The number of hydrogen-bond acceptors (Lipinski definition) is 2. The Labute approximate surface area is 95.8 Å². The molecule has 90 valence electrons. The molecule has 0 unspecified atom stereocenters. The Balaban J connectivity index is 3.49. The zero-order chi connectivity index (χ0) is 12.5. The number of aromatic nitrogens is 1. The third kappa shape index (κ3) is 2.42. The first-order valence-electron chi connectivity index (χ1n) is 3.97. The molecule has 0 aliphatic rings. The zero-order valence-electron chi connectivity index (χ0n) is 7.65. The Morgan fingerprint density at radius 3 is 2.31 bits per heavy atom. The minimum absolute atomic E-state index is 0.367. The Bertz CT molecular complexity index is 391. The largest absolute Gasteiger partial charge is 0.418 e. The van der Waals surface area contributed by atoms with Crippen LogP contribution in [0.1, 0.15) is 23.1 Å². The van der Waals surface area contributed by atoms with Gasteiger partial charge in [-0.15, -0.1) is 0 Å². The maximum Gasteiger partial charge on any atom is 0.418 e. The molecule has 1 aromatic rings. The molecule has 2 N–H and O–H groups in total. The number of halogens is 6. The normalized spacial score (nSPS) is 12.2. The summed E-state index contributed by atoms with van der Waals surface area (Å²) in [6, 6.07) is 0. The first kappa shape index (κ1) is 13.1. The number of hydrogen-bond donors (Lipinski definition) is 1. The van der Waals surface area contributed by atoms with Gasteiger partial charge in [0.05, 0.1) is 11.1 Å². The van der Waals surface area contributed by atoms with Gasteiger partial charge in [-0.25, -0.2) is 13.8 Å². The van der Waals surface area contributed by atoms with Gasteiger partial charge in [-0.3, -0.25) is 0 Å². The van der Waals surface area contributed by atoms with E-state index in [1.54, 1.807) is 0 Å². The second-order valence-corrected chi connectivity index (χ2v) is 3.44. The maximum absolute atomic E-state index is 12.5. The predicted molar refractivity (Wildman–Crippen MR) is 51.2 cm³/mol. The number of nitrogens with two attached hydrogens (primary N) is 1. The molecule has 0 radical (unpaired) electrons. The lowest BCUT2D eigenvalue weighted by Crippen LogP contribution is -2.13. The summed E-state index contributed by atoms with van der Waals surface area (Å²) < 4.78 is 62.5. The van der Waals surface area contributed by atoms with Gasteiger partial charge in [0.1, 0.15) is 5.82 Å². The lowest BCUT2D eigenvalue weighted by Gasteiger charge is -2.15. The van der Waals surface area contributed by atoms with Crippen molar-refractivity contribution < 1.29 is 22.0 Å². The van der Waals surface area contributed by atoms with Gasteiger partial charge in [0, 0.05) is 11.5 Å². The van der Waals surface area contributed by atoms with Crippen molar-refractivity contribution >= 4 is 21.7 Å². The van der Waals surface area contributed by atoms with E-state index in [2.05, 4.69) is 20.9 Å².